The van der Waals surface area contributed by atoms with Crippen LogP contribution in [0.1, 0.15) is 50.7 Å². The first-order valence-electron chi connectivity index (χ1n) is 14.2. The fourth-order valence-electron chi connectivity index (χ4n) is 5.11. The molecule has 0 aliphatic heterocycles. The van der Waals surface area contributed by atoms with Gasteiger partial charge in [0, 0.05) is 29.7 Å². The minimum Gasteiger partial charge on any atom is -0.330 e. The minimum atomic E-state index is -5.11. The van der Waals surface area contributed by atoms with Gasteiger partial charge in [-0.3, -0.25) is 4.98 Å². The molecule has 3 heterocycles. The van der Waals surface area contributed by atoms with E-state index in [1.54, 1.807) is 6.20 Å². The Hall–Kier alpha value is -4.54. The molecule has 0 amide bonds. The standard InChI is InChI=1S/C31H26F9N7S/c1-5-24-26(42-27(48-24)25-17(3)8-16(2)13-41-25)23-7-6-20(29(32,33)34)11-19(23)15-47(28-43-45-46(4)44-28)14-18-9-21(30(35,36)37)12-22(10-18)31(38,39)40/h6-13H,5,14-15H2,1-4H3. The van der Waals surface area contributed by atoms with Crippen molar-refractivity contribution >= 4 is 17.3 Å². The third-order valence-electron chi connectivity index (χ3n) is 7.29. The first-order valence-corrected chi connectivity index (χ1v) is 15.1. The van der Waals surface area contributed by atoms with Crippen molar-refractivity contribution in [3.8, 4) is 22.0 Å². The summed E-state index contributed by atoms with van der Waals surface area (Å²) in [5.41, 5.74) is -1.49. The summed E-state index contributed by atoms with van der Waals surface area (Å²) in [6.07, 6.45) is -12.9. The third kappa shape index (κ3) is 7.61. The lowest BCUT2D eigenvalue weighted by Crippen LogP contribution is -2.25. The van der Waals surface area contributed by atoms with E-state index in [0.717, 1.165) is 37.8 Å². The Labute approximate surface area is 272 Å². The summed E-state index contributed by atoms with van der Waals surface area (Å²) in [5, 5.41) is 12.1. The third-order valence-corrected chi connectivity index (χ3v) is 8.49. The molecule has 3 aromatic heterocycles. The zero-order valence-corrected chi connectivity index (χ0v) is 26.5. The highest BCUT2D eigenvalue weighted by Crippen LogP contribution is 2.40. The minimum absolute atomic E-state index is 0.00393. The van der Waals surface area contributed by atoms with Crippen LogP contribution in [0.15, 0.2) is 48.7 Å². The maximum Gasteiger partial charge on any atom is 0.416 e. The molecule has 17 heteroatoms. The van der Waals surface area contributed by atoms with Crippen LogP contribution in [0.5, 0.6) is 0 Å². The Morgan fingerprint density at radius 3 is 1.98 bits per heavy atom. The van der Waals surface area contributed by atoms with Gasteiger partial charge in [0.05, 0.1) is 29.4 Å². The number of aromatic nitrogens is 6. The van der Waals surface area contributed by atoms with E-state index >= 15 is 0 Å². The van der Waals surface area contributed by atoms with Crippen molar-refractivity contribution in [1.29, 1.82) is 0 Å². The van der Waals surface area contributed by atoms with Crippen LogP contribution < -0.4 is 4.90 Å². The van der Waals surface area contributed by atoms with Gasteiger partial charge in [-0.2, -0.15) is 44.3 Å². The summed E-state index contributed by atoms with van der Waals surface area (Å²) in [5.74, 6) is -0.235. The largest absolute Gasteiger partial charge is 0.416 e. The molecule has 48 heavy (non-hydrogen) atoms. The van der Waals surface area contributed by atoms with Crippen molar-refractivity contribution in [2.45, 2.75) is 58.8 Å². The van der Waals surface area contributed by atoms with Crippen LogP contribution in [0.3, 0.4) is 0 Å². The van der Waals surface area contributed by atoms with Gasteiger partial charge in [-0.05, 0) is 78.1 Å². The summed E-state index contributed by atoms with van der Waals surface area (Å²) in [6.45, 7) is 4.49. The molecule has 0 unspecified atom stereocenters. The molecule has 5 rings (SSSR count). The maximum atomic E-state index is 14.0. The van der Waals surface area contributed by atoms with Gasteiger partial charge in [-0.15, -0.1) is 16.4 Å². The first kappa shape index (κ1) is 34.8. The smallest absolute Gasteiger partial charge is 0.330 e. The highest BCUT2D eigenvalue weighted by molar-refractivity contribution is 7.15. The number of alkyl halides is 9. The van der Waals surface area contributed by atoms with Crippen LogP contribution in [-0.2, 0) is 45.1 Å². The van der Waals surface area contributed by atoms with Gasteiger partial charge < -0.3 is 4.90 Å². The van der Waals surface area contributed by atoms with Gasteiger partial charge >= 0.3 is 18.5 Å². The second-order valence-corrected chi connectivity index (χ2v) is 12.1. The van der Waals surface area contributed by atoms with Gasteiger partial charge in [-0.25, -0.2) is 4.98 Å². The molecule has 0 bridgehead atoms. The molecule has 5 aromatic rings. The quantitative estimate of drug-likeness (QED) is 0.151. The summed E-state index contributed by atoms with van der Waals surface area (Å²) in [6, 6.07) is 6.02. The van der Waals surface area contributed by atoms with Gasteiger partial charge in [0.2, 0.25) is 0 Å². The van der Waals surface area contributed by atoms with E-state index in [1.165, 1.54) is 24.5 Å². The highest BCUT2D eigenvalue weighted by atomic mass is 32.1. The molecule has 254 valence electrons. The number of thiazole rings is 1. The van der Waals surface area contributed by atoms with E-state index in [9.17, 15) is 39.5 Å². The molecule has 0 radical (unpaired) electrons. The predicted octanol–water partition coefficient (Wildman–Crippen LogP) is 8.84. The number of halogens is 9. The van der Waals surface area contributed by atoms with Crippen molar-refractivity contribution in [3.63, 3.8) is 0 Å². The second-order valence-electron chi connectivity index (χ2n) is 11.0. The number of aryl methyl sites for hydroxylation is 4. The first-order chi connectivity index (χ1) is 22.3. The van der Waals surface area contributed by atoms with Crippen LogP contribution in [0.2, 0.25) is 0 Å². The van der Waals surface area contributed by atoms with Gasteiger partial charge in [-0.1, -0.05) is 24.2 Å². The molecule has 0 saturated heterocycles. The Morgan fingerprint density at radius 2 is 1.44 bits per heavy atom. The molecule has 2 aromatic carbocycles. The van der Waals surface area contributed by atoms with Crippen molar-refractivity contribution in [3.05, 3.63) is 92.5 Å². The monoisotopic (exact) mass is 699 g/mol. The maximum absolute atomic E-state index is 14.0. The molecule has 0 fully saturated rings. The SMILES string of the molecule is CCc1sc(-c2ncc(C)cc2C)nc1-c1ccc(C(F)(F)F)cc1CN(Cc1cc(C(F)(F)F)cc(C(F)(F)F)c1)c1nnn(C)n1. The van der Waals surface area contributed by atoms with E-state index in [2.05, 4.69) is 20.4 Å². The highest BCUT2D eigenvalue weighted by Gasteiger charge is 2.37. The summed E-state index contributed by atoms with van der Waals surface area (Å²) < 4.78 is 124. The zero-order chi connectivity index (χ0) is 35.2. The normalized spacial score (nSPS) is 12.5. The van der Waals surface area contributed by atoms with Crippen molar-refractivity contribution in [2.75, 3.05) is 4.90 Å². The average molecular weight is 700 g/mol. The topological polar surface area (TPSA) is 72.6 Å². The Morgan fingerprint density at radius 1 is 0.792 bits per heavy atom. The molecule has 0 aliphatic carbocycles. The van der Waals surface area contributed by atoms with E-state index in [4.69, 9.17) is 4.98 Å². The predicted molar refractivity (Wildman–Crippen MR) is 160 cm³/mol. The number of anilines is 1. The van der Waals surface area contributed by atoms with E-state index in [-0.39, 0.29) is 23.1 Å². The number of tetrazole rings is 1. The number of pyridine rings is 1. The molecule has 0 N–H and O–H groups in total. The lowest BCUT2D eigenvalue weighted by Gasteiger charge is -2.24. The molecule has 0 aliphatic rings. The average Bonchev–Trinajstić information content (AvgIpc) is 3.61. The lowest BCUT2D eigenvalue weighted by molar-refractivity contribution is -0.143. The molecule has 0 saturated carbocycles. The molecule has 0 atom stereocenters. The summed E-state index contributed by atoms with van der Waals surface area (Å²) in [7, 11) is 1.38. The lowest BCUT2D eigenvalue weighted by atomic mass is 9.98. The van der Waals surface area contributed by atoms with Crippen LogP contribution in [0, 0.1) is 13.8 Å². The molecule has 7 nitrogen and oxygen atoms in total. The van der Waals surface area contributed by atoms with Crippen molar-refractivity contribution in [2.24, 2.45) is 7.05 Å². The van der Waals surface area contributed by atoms with Crippen molar-refractivity contribution in [1.82, 2.24) is 30.2 Å². The molecule has 0 spiro atoms. The summed E-state index contributed by atoms with van der Waals surface area (Å²) in [4.78, 5) is 12.1. The van der Waals surface area contributed by atoms with E-state index < -0.39 is 53.9 Å². The number of nitrogens with zero attached hydrogens (tertiary/aromatic N) is 7. The van der Waals surface area contributed by atoms with Crippen LogP contribution in [-0.4, -0.2) is 30.2 Å². The fourth-order valence-corrected chi connectivity index (χ4v) is 6.19. The summed E-state index contributed by atoms with van der Waals surface area (Å²) >= 11 is 1.31. The molecular weight excluding hydrogens is 673 g/mol. The Bertz CT molecular complexity index is 1910. The number of hydrogen-bond donors (Lipinski definition) is 0. The van der Waals surface area contributed by atoms with Gasteiger partial charge in [0.15, 0.2) is 0 Å². The molecular formula is C31H26F9N7S. The van der Waals surface area contributed by atoms with E-state index in [0.29, 0.717) is 34.9 Å². The number of benzene rings is 2. The van der Waals surface area contributed by atoms with Crippen molar-refractivity contribution < 1.29 is 39.5 Å². The number of hydrogen-bond acceptors (Lipinski definition) is 7. The zero-order valence-electron chi connectivity index (χ0n) is 25.7. The fraction of sp³-hybridized carbons (Fsp3) is 0.323. The van der Waals surface area contributed by atoms with Gasteiger partial charge in [0.25, 0.3) is 5.95 Å². The van der Waals surface area contributed by atoms with Gasteiger partial charge in [0.1, 0.15) is 10.7 Å². The Balaban J connectivity index is 1.66. The van der Waals surface area contributed by atoms with Crippen LogP contribution in [0.4, 0.5) is 45.5 Å². The second kappa shape index (κ2) is 12.8. The Kier molecular flexibility index (Phi) is 9.29. The van der Waals surface area contributed by atoms with E-state index in [1.807, 2.05) is 26.8 Å². The van der Waals surface area contributed by atoms with Crippen LogP contribution in [0.25, 0.3) is 22.0 Å². The number of rotatable bonds is 8. The van der Waals surface area contributed by atoms with Crippen LogP contribution >= 0.6 is 11.3 Å².